The molecule has 0 radical (unpaired) electrons. The molecule has 0 saturated carbocycles. The van der Waals surface area contributed by atoms with E-state index < -0.39 is 0 Å². The predicted octanol–water partition coefficient (Wildman–Crippen LogP) is 2.12. The Morgan fingerprint density at radius 1 is 1.43 bits per heavy atom. The number of hydrogen-bond acceptors (Lipinski definition) is 5. The Morgan fingerprint density at radius 2 is 2.24 bits per heavy atom. The van der Waals surface area contributed by atoms with Gasteiger partial charge < -0.3 is 15.1 Å². The highest BCUT2D eigenvalue weighted by Gasteiger charge is 2.08. The second-order valence-electron chi connectivity index (χ2n) is 4.28. The standard InChI is InChI=1S/C14H15N3O3S/c1-9-10(2)21-14(16-9)17-13(19)8-15-12(18)6-5-11-4-3-7-20-11/h3-7H,8H2,1-2H3,(H,15,18)(H,16,17,19). The van der Waals surface area contributed by atoms with Crippen LogP contribution in [0.5, 0.6) is 0 Å². The predicted molar refractivity (Wildman–Crippen MR) is 81.0 cm³/mol. The van der Waals surface area contributed by atoms with Crippen LogP contribution >= 0.6 is 11.3 Å². The van der Waals surface area contributed by atoms with E-state index in [4.69, 9.17) is 4.42 Å². The molecule has 21 heavy (non-hydrogen) atoms. The Balaban J connectivity index is 1.77. The van der Waals surface area contributed by atoms with Crippen molar-refractivity contribution in [2.75, 3.05) is 11.9 Å². The number of carbonyl (C=O) groups is 2. The summed E-state index contributed by atoms with van der Waals surface area (Å²) in [7, 11) is 0. The summed E-state index contributed by atoms with van der Waals surface area (Å²) in [6.07, 6.45) is 4.35. The van der Waals surface area contributed by atoms with Crippen LogP contribution in [0.15, 0.2) is 28.9 Å². The summed E-state index contributed by atoms with van der Waals surface area (Å²) >= 11 is 1.40. The number of hydrogen-bond donors (Lipinski definition) is 2. The van der Waals surface area contributed by atoms with Gasteiger partial charge in [0, 0.05) is 11.0 Å². The average molecular weight is 305 g/mol. The number of thiazole rings is 1. The lowest BCUT2D eigenvalue weighted by molar-refractivity contribution is -0.121. The van der Waals surface area contributed by atoms with Crippen molar-refractivity contribution >= 4 is 34.4 Å². The Labute approximate surface area is 125 Å². The summed E-state index contributed by atoms with van der Waals surface area (Å²) in [5, 5.41) is 5.66. The molecule has 0 aliphatic rings. The Hall–Kier alpha value is -2.41. The third-order valence-corrected chi connectivity index (χ3v) is 3.63. The molecule has 0 spiro atoms. The normalized spacial score (nSPS) is 10.8. The minimum atomic E-state index is -0.368. The van der Waals surface area contributed by atoms with E-state index in [0.29, 0.717) is 10.9 Å². The Morgan fingerprint density at radius 3 is 2.86 bits per heavy atom. The number of carbonyl (C=O) groups excluding carboxylic acids is 2. The van der Waals surface area contributed by atoms with Crippen LogP contribution in [-0.2, 0) is 9.59 Å². The molecule has 0 aromatic carbocycles. The van der Waals surface area contributed by atoms with E-state index in [1.807, 2.05) is 13.8 Å². The van der Waals surface area contributed by atoms with E-state index >= 15 is 0 Å². The van der Waals surface area contributed by atoms with Crippen LogP contribution < -0.4 is 10.6 Å². The quantitative estimate of drug-likeness (QED) is 0.829. The number of nitrogens with zero attached hydrogens (tertiary/aromatic N) is 1. The van der Waals surface area contributed by atoms with Gasteiger partial charge in [-0.25, -0.2) is 4.98 Å². The first kappa shape index (κ1) is 15.0. The fourth-order valence-corrected chi connectivity index (χ4v) is 2.29. The van der Waals surface area contributed by atoms with Gasteiger partial charge in [-0.2, -0.15) is 0 Å². The molecule has 2 N–H and O–H groups in total. The highest BCUT2D eigenvalue weighted by molar-refractivity contribution is 7.15. The lowest BCUT2D eigenvalue weighted by Crippen LogP contribution is -2.31. The first-order chi connectivity index (χ1) is 10.0. The molecule has 0 atom stereocenters. The third-order valence-electron chi connectivity index (χ3n) is 2.64. The fourth-order valence-electron chi connectivity index (χ4n) is 1.46. The molecule has 2 aromatic rings. The smallest absolute Gasteiger partial charge is 0.245 e. The summed E-state index contributed by atoms with van der Waals surface area (Å²) in [6.45, 7) is 3.70. The molecule has 0 aliphatic carbocycles. The van der Waals surface area contributed by atoms with E-state index in [1.165, 1.54) is 29.8 Å². The maximum absolute atomic E-state index is 11.7. The molecule has 7 heteroatoms. The van der Waals surface area contributed by atoms with Gasteiger partial charge in [0.25, 0.3) is 0 Å². The lowest BCUT2D eigenvalue weighted by Gasteiger charge is -2.02. The first-order valence-electron chi connectivity index (χ1n) is 6.28. The van der Waals surface area contributed by atoms with Crippen LogP contribution in [0.3, 0.4) is 0 Å². The zero-order chi connectivity index (χ0) is 15.2. The van der Waals surface area contributed by atoms with E-state index in [0.717, 1.165) is 10.6 Å². The van der Waals surface area contributed by atoms with Gasteiger partial charge in [-0.3, -0.25) is 9.59 Å². The Kier molecular flexibility index (Phi) is 4.89. The number of furan rings is 1. The number of amides is 2. The number of aromatic nitrogens is 1. The van der Waals surface area contributed by atoms with Gasteiger partial charge in [0.1, 0.15) is 5.76 Å². The molecule has 2 amide bonds. The molecule has 6 nitrogen and oxygen atoms in total. The summed E-state index contributed by atoms with van der Waals surface area (Å²) in [5.74, 6) is -0.111. The molecule has 0 saturated heterocycles. The SMILES string of the molecule is Cc1nc(NC(=O)CNC(=O)C=Cc2ccco2)sc1C. The molecule has 2 heterocycles. The highest BCUT2D eigenvalue weighted by Crippen LogP contribution is 2.20. The summed E-state index contributed by atoms with van der Waals surface area (Å²) in [4.78, 5) is 28.4. The molecule has 0 aliphatic heterocycles. The summed E-state index contributed by atoms with van der Waals surface area (Å²) in [5.41, 5.74) is 0.890. The zero-order valence-electron chi connectivity index (χ0n) is 11.7. The zero-order valence-corrected chi connectivity index (χ0v) is 12.5. The fraction of sp³-hybridized carbons (Fsp3) is 0.214. The second-order valence-corrected chi connectivity index (χ2v) is 5.48. The molecular weight excluding hydrogens is 290 g/mol. The first-order valence-corrected chi connectivity index (χ1v) is 7.09. The van der Waals surface area contributed by atoms with E-state index in [-0.39, 0.29) is 18.4 Å². The molecule has 2 aromatic heterocycles. The van der Waals surface area contributed by atoms with Crippen LogP contribution in [0.25, 0.3) is 6.08 Å². The van der Waals surface area contributed by atoms with Gasteiger partial charge in [0.2, 0.25) is 11.8 Å². The van der Waals surface area contributed by atoms with E-state index in [2.05, 4.69) is 15.6 Å². The second kappa shape index (κ2) is 6.85. The van der Waals surface area contributed by atoms with Crippen LogP contribution in [0.1, 0.15) is 16.3 Å². The van der Waals surface area contributed by atoms with E-state index in [9.17, 15) is 9.59 Å². The minimum absolute atomic E-state index is 0.112. The monoisotopic (exact) mass is 305 g/mol. The van der Waals surface area contributed by atoms with Crippen LogP contribution in [0.2, 0.25) is 0 Å². The summed E-state index contributed by atoms with van der Waals surface area (Å²) in [6, 6.07) is 3.45. The molecule has 2 rings (SSSR count). The van der Waals surface area contributed by atoms with Gasteiger partial charge in [-0.05, 0) is 32.1 Å². The largest absolute Gasteiger partial charge is 0.465 e. The van der Waals surface area contributed by atoms with Crippen molar-refractivity contribution in [2.24, 2.45) is 0 Å². The highest BCUT2D eigenvalue weighted by atomic mass is 32.1. The van der Waals surface area contributed by atoms with Gasteiger partial charge in [-0.15, -0.1) is 11.3 Å². The molecule has 0 bridgehead atoms. The number of rotatable bonds is 5. The lowest BCUT2D eigenvalue weighted by atomic mass is 10.4. The molecule has 0 unspecified atom stereocenters. The minimum Gasteiger partial charge on any atom is -0.465 e. The van der Waals surface area contributed by atoms with Gasteiger partial charge in [0.15, 0.2) is 5.13 Å². The number of anilines is 1. The molecule has 110 valence electrons. The average Bonchev–Trinajstić information content (AvgIpc) is 3.05. The molecule has 0 fully saturated rings. The molecular formula is C14H15N3O3S. The van der Waals surface area contributed by atoms with Gasteiger partial charge >= 0.3 is 0 Å². The topological polar surface area (TPSA) is 84.2 Å². The maximum Gasteiger partial charge on any atom is 0.245 e. The van der Waals surface area contributed by atoms with Crippen molar-refractivity contribution in [3.63, 3.8) is 0 Å². The summed E-state index contributed by atoms with van der Waals surface area (Å²) < 4.78 is 5.05. The third kappa shape index (κ3) is 4.57. The van der Waals surface area contributed by atoms with Crippen molar-refractivity contribution in [1.29, 1.82) is 0 Å². The van der Waals surface area contributed by atoms with Crippen LogP contribution in [-0.4, -0.2) is 23.3 Å². The van der Waals surface area contributed by atoms with Gasteiger partial charge in [-0.1, -0.05) is 0 Å². The van der Waals surface area contributed by atoms with Crippen molar-refractivity contribution in [2.45, 2.75) is 13.8 Å². The number of nitrogens with one attached hydrogen (secondary N) is 2. The van der Waals surface area contributed by atoms with Crippen molar-refractivity contribution in [1.82, 2.24) is 10.3 Å². The van der Waals surface area contributed by atoms with Crippen molar-refractivity contribution < 1.29 is 14.0 Å². The van der Waals surface area contributed by atoms with Crippen LogP contribution in [0.4, 0.5) is 5.13 Å². The van der Waals surface area contributed by atoms with E-state index in [1.54, 1.807) is 12.1 Å². The maximum atomic E-state index is 11.7. The van der Waals surface area contributed by atoms with Gasteiger partial charge in [0.05, 0.1) is 18.5 Å². The Bertz CT molecular complexity index is 640. The van der Waals surface area contributed by atoms with Crippen LogP contribution in [0, 0.1) is 13.8 Å². The van der Waals surface area contributed by atoms with Crippen molar-refractivity contribution in [3.8, 4) is 0 Å². The number of aryl methyl sites for hydroxylation is 2. The van der Waals surface area contributed by atoms with Crippen molar-refractivity contribution in [3.05, 3.63) is 40.8 Å².